The van der Waals surface area contributed by atoms with Gasteiger partial charge in [-0.2, -0.15) is 0 Å². The van der Waals surface area contributed by atoms with E-state index in [2.05, 4.69) is 6.58 Å². The molecule has 0 N–H and O–H groups in total. The third-order valence-corrected chi connectivity index (χ3v) is 7.10. The molecule has 1 fully saturated rings. The Morgan fingerprint density at radius 3 is 2.71 bits per heavy atom. The molecule has 0 aliphatic carbocycles. The van der Waals surface area contributed by atoms with E-state index in [0.29, 0.717) is 47.5 Å². The van der Waals surface area contributed by atoms with E-state index < -0.39 is 0 Å². The van der Waals surface area contributed by atoms with Crippen LogP contribution < -0.4 is 9.47 Å². The highest BCUT2D eigenvalue weighted by atomic mass is 35.5. The average Bonchev–Trinajstić information content (AvgIpc) is 3.21. The van der Waals surface area contributed by atoms with Crippen molar-refractivity contribution in [2.75, 3.05) is 27.3 Å². The molecule has 162 valence electrons. The number of hydrogen-bond acceptors (Lipinski definition) is 5. The number of amides is 1. The normalized spacial score (nSPS) is 14.6. The summed E-state index contributed by atoms with van der Waals surface area (Å²) in [4.78, 5) is 19.9. The first-order valence-electron chi connectivity index (χ1n) is 10.2. The van der Waals surface area contributed by atoms with Gasteiger partial charge < -0.3 is 14.4 Å². The second kappa shape index (κ2) is 9.28. The molecule has 5 nitrogen and oxygen atoms in total. The molecule has 31 heavy (non-hydrogen) atoms. The van der Waals surface area contributed by atoms with E-state index in [0.717, 1.165) is 33.6 Å². The molecular weight excluding hydrogens is 432 g/mol. The Hall–Kier alpha value is -2.57. The Morgan fingerprint density at radius 1 is 1.26 bits per heavy atom. The molecule has 0 saturated carbocycles. The van der Waals surface area contributed by atoms with Gasteiger partial charge in [0.15, 0.2) is 11.5 Å². The van der Waals surface area contributed by atoms with Crippen LogP contribution in [0.1, 0.15) is 39.7 Å². The standard InChI is InChI=1S/C24H25ClN2O3S/c1-4-5-16-12-17(13-20(29-2)22(16)30-3)24(28)27-10-8-15(9-11-27)23-26-19-14-18(25)6-7-21(19)31-23/h4,6-7,12-15H,1,5,8-11H2,2-3H3. The topological polar surface area (TPSA) is 51.7 Å². The zero-order chi connectivity index (χ0) is 22.0. The monoisotopic (exact) mass is 456 g/mol. The van der Waals surface area contributed by atoms with Crippen LogP contribution in [0.3, 0.4) is 0 Å². The maximum atomic E-state index is 13.2. The molecular formula is C24H25ClN2O3S. The summed E-state index contributed by atoms with van der Waals surface area (Å²) in [6, 6.07) is 9.48. The van der Waals surface area contributed by atoms with Gasteiger partial charge in [0.1, 0.15) is 0 Å². The molecule has 0 unspecified atom stereocenters. The number of carbonyl (C=O) groups excluding carboxylic acids is 1. The average molecular weight is 457 g/mol. The Morgan fingerprint density at radius 2 is 2.03 bits per heavy atom. The van der Waals surface area contributed by atoms with Gasteiger partial charge in [-0.15, -0.1) is 17.9 Å². The van der Waals surface area contributed by atoms with Crippen LogP contribution in [-0.4, -0.2) is 43.1 Å². The number of benzene rings is 2. The number of likely N-dealkylation sites (tertiary alicyclic amines) is 1. The van der Waals surface area contributed by atoms with Gasteiger partial charge in [-0.3, -0.25) is 4.79 Å². The summed E-state index contributed by atoms with van der Waals surface area (Å²) >= 11 is 7.82. The number of fused-ring (bicyclic) bond motifs is 1. The number of ether oxygens (including phenoxy) is 2. The van der Waals surface area contributed by atoms with Crippen molar-refractivity contribution in [2.45, 2.75) is 25.2 Å². The van der Waals surface area contributed by atoms with E-state index >= 15 is 0 Å². The molecule has 1 aliphatic heterocycles. The third kappa shape index (κ3) is 4.41. The van der Waals surface area contributed by atoms with Crippen molar-refractivity contribution in [1.82, 2.24) is 9.88 Å². The fourth-order valence-corrected chi connectivity index (χ4v) is 5.36. The Labute approximate surface area is 191 Å². The van der Waals surface area contributed by atoms with Crippen molar-refractivity contribution in [2.24, 2.45) is 0 Å². The highest BCUT2D eigenvalue weighted by Crippen LogP contribution is 2.36. The van der Waals surface area contributed by atoms with Gasteiger partial charge in [0, 0.05) is 35.2 Å². The van der Waals surface area contributed by atoms with E-state index in [4.69, 9.17) is 26.1 Å². The maximum absolute atomic E-state index is 13.2. The van der Waals surface area contributed by atoms with Crippen molar-refractivity contribution < 1.29 is 14.3 Å². The Kier molecular flexibility index (Phi) is 6.49. The molecule has 1 aliphatic rings. The zero-order valence-corrected chi connectivity index (χ0v) is 19.3. The first kappa shape index (κ1) is 21.7. The summed E-state index contributed by atoms with van der Waals surface area (Å²) in [7, 11) is 3.19. The molecule has 1 saturated heterocycles. The highest BCUT2D eigenvalue weighted by Gasteiger charge is 2.27. The molecule has 0 radical (unpaired) electrons. The number of carbonyl (C=O) groups is 1. The van der Waals surface area contributed by atoms with Crippen molar-refractivity contribution >= 4 is 39.1 Å². The first-order chi connectivity index (χ1) is 15.0. The number of rotatable bonds is 6. The van der Waals surface area contributed by atoms with Crippen LogP contribution in [0.15, 0.2) is 43.0 Å². The fraction of sp³-hybridized carbons (Fsp3) is 0.333. The molecule has 0 spiro atoms. The van der Waals surface area contributed by atoms with E-state index in [1.165, 1.54) is 0 Å². The lowest BCUT2D eigenvalue weighted by Crippen LogP contribution is -2.38. The zero-order valence-electron chi connectivity index (χ0n) is 17.7. The second-order valence-corrected chi connectivity index (χ2v) is 9.09. The lowest BCUT2D eigenvalue weighted by atomic mass is 9.96. The summed E-state index contributed by atoms with van der Waals surface area (Å²) in [5.74, 6) is 1.59. The fourth-order valence-electron chi connectivity index (χ4n) is 4.08. The number of piperidine rings is 1. The van der Waals surface area contributed by atoms with E-state index in [9.17, 15) is 4.79 Å². The van der Waals surface area contributed by atoms with E-state index in [1.807, 2.05) is 29.2 Å². The largest absolute Gasteiger partial charge is 0.493 e. The van der Waals surface area contributed by atoms with Gasteiger partial charge in [-0.25, -0.2) is 4.98 Å². The van der Waals surface area contributed by atoms with E-state index in [1.54, 1.807) is 37.7 Å². The minimum absolute atomic E-state index is 0.0146. The van der Waals surface area contributed by atoms with Crippen LogP contribution in [0, 0.1) is 0 Å². The second-order valence-electron chi connectivity index (χ2n) is 7.59. The Balaban J connectivity index is 1.49. The van der Waals surface area contributed by atoms with Crippen molar-refractivity contribution in [3.05, 3.63) is 64.1 Å². The number of thiazole rings is 1. The van der Waals surface area contributed by atoms with Gasteiger partial charge in [-0.05, 0) is 49.6 Å². The molecule has 0 atom stereocenters. The SMILES string of the molecule is C=CCc1cc(C(=O)N2CCC(c3nc4cc(Cl)ccc4s3)CC2)cc(OC)c1OC. The number of aromatic nitrogens is 1. The van der Waals surface area contributed by atoms with Crippen molar-refractivity contribution in [3.63, 3.8) is 0 Å². The van der Waals surface area contributed by atoms with Crippen LogP contribution >= 0.6 is 22.9 Å². The molecule has 2 aromatic carbocycles. The number of nitrogens with zero attached hydrogens (tertiary/aromatic N) is 2. The maximum Gasteiger partial charge on any atom is 0.254 e. The molecule has 0 bridgehead atoms. The third-order valence-electron chi connectivity index (χ3n) is 5.66. The first-order valence-corrected chi connectivity index (χ1v) is 11.4. The minimum atomic E-state index is 0.0146. The smallest absolute Gasteiger partial charge is 0.254 e. The van der Waals surface area contributed by atoms with Gasteiger partial charge in [0.05, 0.1) is 29.4 Å². The van der Waals surface area contributed by atoms with Crippen LogP contribution in [-0.2, 0) is 6.42 Å². The van der Waals surface area contributed by atoms with Gasteiger partial charge in [0.25, 0.3) is 5.91 Å². The molecule has 7 heteroatoms. The predicted octanol–water partition coefficient (Wildman–Crippen LogP) is 5.72. The minimum Gasteiger partial charge on any atom is -0.493 e. The van der Waals surface area contributed by atoms with E-state index in [-0.39, 0.29) is 5.91 Å². The molecule has 1 aromatic heterocycles. The number of halogens is 1. The quantitative estimate of drug-likeness (QED) is 0.445. The van der Waals surface area contributed by atoms with Gasteiger partial charge in [0.2, 0.25) is 0 Å². The Bertz CT molecular complexity index is 1120. The predicted molar refractivity (Wildman–Crippen MR) is 126 cm³/mol. The summed E-state index contributed by atoms with van der Waals surface area (Å²) in [6.45, 7) is 5.20. The highest BCUT2D eigenvalue weighted by molar-refractivity contribution is 7.18. The van der Waals surface area contributed by atoms with Crippen LogP contribution in [0.4, 0.5) is 0 Å². The van der Waals surface area contributed by atoms with Crippen LogP contribution in [0.5, 0.6) is 11.5 Å². The summed E-state index contributed by atoms with van der Waals surface area (Å²) in [5, 5.41) is 1.83. The van der Waals surface area contributed by atoms with Crippen molar-refractivity contribution in [1.29, 1.82) is 0 Å². The van der Waals surface area contributed by atoms with Gasteiger partial charge in [-0.1, -0.05) is 17.7 Å². The lowest BCUT2D eigenvalue weighted by molar-refractivity contribution is 0.0712. The summed E-state index contributed by atoms with van der Waals surface area (Å²) in [6.07, 6.45) is 4.19. The van der Waals surface area contributed by atoms with Crippen molar-refractivity contribution in [3.8, 4) is 11.5 Å². The molecule has 4 rings (SSSR count). The summed E-state index contributed by atoms with van der Waals surface area (Å²) < 4.78 is 12.1. The molecule has 2 heterocycles. The lowest BCUT2D eigenvalue weighted by Gasteiger charge is -2.31. The molecule has 3 aromatic rings. The number of methoxy groups -OCH3 is 2. The van der Waals surface area contributed by atoms with Gasteiger partial charge >= 0.3 is 0 Å². The van der Waals surface area contributed by atoms with Crippen LogP contribution in [0.25, 0.3) is 10.2 Å². The molecule has 1 amide bonds. The summed E-state index contributed by atoms with van der Waals surface area (Å²) in [5.41, 5.74) is 2.46. The number of hydrogen-bond donors (Lipinski definition) is 0. The van der Waals surface area contributed by atoms with Crippen LogP contribution in [0.2, 0.25) is 5.02 Å². The number of allylic oxidation sites excluding steroid dienone is 1.